The molecule has 22 heavy (non-hydrogen) atoms. The molecule has 4 N–H and O–H groups in total. The smallest absolute Gasteiger partial charge is 0.264 e. The van der Waals surface area contributed by atoms with E-state index in [9.17, 15) is 4.79 Å². The van der Waals surface area contributed by atoms with E-state index in [0.717, 1.165) is 0 Å². The van der Waals surface area contributed by atoms with Gasteiger partial charge in [-0.15, -0.1) is 0 Å². The number of fused-ring (bicyclic) bond motifs is 1. The monoisotopic (exact) mass is 297 g/mol. The second-order valence-electron chi connectivity index (χ2n) is 4.83. The van der Waals surface area contributed by atoms with Crippen molar-refractivity contribution in [3.8, 4) is 5.75 Å². The Balaban J connectivity index is 1.98. The van der Waals surface area contributed by atoms with Crippen LogP contribution in [-0.4, -0.2) is 30.4 Å². The maximum absolute atomic E-state index is 11.7. The highest BCUT2D eigenvalue weighted by atomic mass is 16.5. The van der Waals surface area contributed by atoms with E-state index < -0.39 is 0 Å². The van der Waals surface area contributed by atoms with Crippen molar-refractivity contribution >= 4 is 28.8 Å². The Bertz CT molecular complexity index is 772. The van der Waals surface area contributed by atoms with Crippen molar-refractivity contribution < 1.29 is 9.53 Å². The average Bonchev–Trinajstić information content (AvgIpc) is 2.52. The van der Waals surface area contributed by atoms with Crippen LogP contribution in [0, 0.1) is 0 Å². The van der Waals surface area contributed by atoms with Gasteiger partial charge in [0, 0.05) is 13.2 Å². The van der Waals surface area contributed by atoms with Gasteiger partial charge in [-0.2, -0.15) is 0 Å². The summed E-state index contributed by atoms with van der Waals surface area (Å²) in [5.41, 5.74) is 13.9. The fourth-order valence-electron chi connectivity index (χ4n) is 2.15. The minimum Gasteiger partial charge on any atom is -0.482 e. The summed E-state index contributed by atoms with van der Waals surface area (Å²) in [7, 11) is 1.69. The van der Waals surface area contributed by atoms with Gasteiger partial charge in [0.25, 0.3) is 5.91 Å². The number of carbonyl (C=O) groups is 1. The van der Waals surface area contributed by atoms with Gasteiger partial charge in [-0.3, -0.25) is 9.78 Å². The highest BCUT2D eigenvalue weighted by molar-refractivity contribution is 6.02. The topological polar surface area (TPSA) is 107 Å². The predicted molar refractivity (Wildman–Crippen MR) is 84.4 cm³/mol. The molecule has 0 aliphatic carbocycles. The van der Waals surface area contributed by atoms with Gasteiger partial charge in [0.2, 0.25) is 0 Å². The lowest BCUT2D eigenvalue weighted by atomic mass is 10.2. The molecule has 0 saturated carbocycles. The second kappa shape index (κ2) is 5.36. The first-order valence-corrected chi connectivity index (χ1v) is 6.64. The lowest BCUT2D eigenvalue weighted by Gasteiger charge is -2.25. The number of aromatic nitrogens is 1. The molecule has 7 nitrogen and oxygen atoms in total. The van der Waals surface area contributed by atoms with Gasteiger partial charge in [0.1, 0.15) is 11.4 Å². The molecular formula is C15H15N5O2. The van der Waals surface area contributed by atoms with Crippen LogP contribution in [0.4, 0.5) is 17.1 Å². The van der Waals surface area contributed by atoms with Crippen molar-refractivity contribution in [2.45, 2.75) is 0 Å². The van der Waals surface area contributed by atoms with Crippen LogP contribution in [0.2, 0.25) is 0 Å². The first-order chi connectivity index (χ1) is 10.6. The largest absolute Gasteiger partial charge is 0.482 e. The number of pyridine rings is 1. The van der Waals surface area contributed by atoms with Crippen LogP contribution in [0.15, 0.2) is 41.5 Å². The minimum absolute atomic E-state index is 0.0404. The Labute approximate surface area is 127 Å². The highest BCUT2D eigenvalue weighted by Crippen LogP contribution is 2.34. The predicted octanol–water partition coefficient (Wildman–Crippen LogP) is 1.06. The van der Waals surface area contributed by atoms with E-state index in [1.807, 2.05) is 0 Å². The quantitative estimate of drug-likeness (QED) is 0.636. The van der Waals surface area contributed by atoms with Gasteiger partial charge in [-0.05, 0) is 30.3 Å². The molecule has 1 aromatic carbocycles. The summed E-state index contributed by atoms with van der Waals surface area (Å²) in [5, 5.41) is 0. The summed E-state index contributed by atoms with van der Waals surface area (Å²) in [6.07, 6.45) is 1.60. The molecule has 3 rings (SSSR count). The highest BCUT2D eigenvalue weighted by Gasteiger charge is 2.22. The number of aliphatic imine (C=N–C) groups is 1. The molecule has 0 fully saturated rings. The number of benzene rings is 1. The van der Waals surface area contributed by atoms with Gasteiger partial charge in [0.05, 0.1) is 17.1 Å². The molecule has 1 aliphatic heterocycles. The number of amides is 1. The van der Waals surface area contributed by atoms with Crippen LogP contribution < -0.4 is 21.1 Å². The maximum Gasteiger partial charge on any atom is 0.264 e. The molecule has 2 aromatic rings. The molecule has 7 heteroatoms. The van der Waals surface area contributed by atoms with E-state index in [-0.39, 0.29) is 18.3 Å². The van der Waals surface area contributed by atoms with E-state index in [0.29, 0.717) is 28.5 Å². The second-order valence-corrected chi connectivity index (χ2v) is 4.83. The van der Waals surface area contributed by atoms with Crippen molar-refractivity contribution in [1.29, 1.82) is 0 Å². The molecular weight excluding hydrogens is 282 g/mol. The van der Waals surface area contributed by atoms with Gasteiger partial charge < -0.3 is 21.1 Å². The molecule has 1 aliphatic rings. The standard InChI is InChI=1S/C15H15N5O2/c1-20-11-7-9(4-5-12(11)22-8-13(20)21)19-15(17)14-10(16)3-2-6-18-14/h2-7H,8,16H2,1H3,(H2,17,19). The number of nitrogens with zero attached hydrogens (tertiary/aromatic N) is 3. The van der Waals surface area contributed by atoms with Crippen molar-refractivity contribution in [3.05, 3.63) is 42.2 Å². The van der Waals surface area contributed by atoms with E-state index in [2.05, 4.69) is 9.98 Å². The van der Waals surface area contributed by atoms with Crippen LogP contribution in [-0.2, 0) is 4.79 Å². The summed E-state index contributed by atoms with van der Waals surface area (Å²) in [4.78, 5) is 21.6. The molecule has 0 saturated heterocycles. The molecule has 0 bridgehead atoms. The Morgan fingerprint density at radius 1 is 1.41 bits per heavy atom. The SMILES string of the molecule is CN1C(=O)COc2ccc(N=C(N)c3ncccc3N)cc21. The van der Waals surface area contributed by atoms with Crippen LogP contribution in [0.3, 0.4) is 0 Å². The molecule has 0 spiro atoms. The molecule has 0 radical (unpaired) electrons. The number of hydrogen-bond acceptors (Lipinski definition) is 5. The molecule has 1 amide bonds. The van der Waals surface area contributed by atoms with E-state index in [1.165, 1.54) is 4.90 Å². The van der Waals surface area contributed by atoms with Crippen molar-refractivity contribution in [3.63, 3.8) is 0 Å². The van der Waals surface area contributed by atoms with Gasteiger partial charge in [-0.1, -0.05) is 0 Å². The average molecular weight is 297 g/mol. The molecule has 0 unspecified atom stereocenters. The summed E-state index contributed by atoms with van der Waals surface area (Å²) >= 11 is 0. The Kier molecular flexibility index (Phi) is 3.38. The number of ether oxygens (including phenoxy) is 1. The summed E-state index contributed by atoms with van der Waals surface area (Å²) in [6.45, 7) is 0.0404. The van der Waals surface area contributed by atoms with Crippen molar-refractivity contribution in [2.75, 3.05) is 24.3 Å². The van der Waals surface area contributed by atoms with E-state index in [4.69, 9.17) is 16.2 Å². The van der Waals surface area contributed by atoms with E-state index in [1.54, 1.807) is 43.6 Å². The van der Waals surface area contributed by atoms with E-state index >= 15 is 0 Å². The molecule has 2 heterocycles. The fraction of sp³-hybridized carbons (Fsp3) is 0.133. The van der Waals surface area contributed by atoms with Crippen LogP contribution in [0.25, 0.3) is 0 Å². The van der Waals surface area contributed by atoms with Crippen molar-refractivity contribution in [1.82, 2.24) is 4.98 Å². The summed E-state index contributed by atoms with van der Waals surface area (Å²) in [6, 6.07) is 8.68. The van der Waals surface area contributed by atoms with Crippen molar-refractivity contribution in [2.24, 2.45) is 10.7 Å². The first kappa shape index (κ1) is 13.9. The van der Waals surface area contributed by atoms with Crippen LogP contribution in [0.1, 0.15) is 5.69 Å². The zero-order chi connectivity index (χ0) is 15.7. The number of likely N-dealkylation sites (N-methyl/N-ethyl adjacent to an activating group) is 1. The molecule has 112 valence electrons. The third-order valence-electron chi connectivity index (χ3n) is 3.36. The molecule has 1 aromatic heterocycles. The Morgan fingerprint density at radius 3 is 3.00 bits per heavy atom. The van der Waals surface area contributed by atoms with Gasteiger partial charge in [-0.25, -0.2) is 4.99 Å². The minimum atomic E-state index is -0.115. The number of nitrogens with two attached hydrogens (primary N) is 2. The Morgan fingerprint density at radius 2 is 2.23 bits per heavy atom. The number of amidine groups is 1. The van der Waals surface area contributed by atoms with Gasteiger partial charge in [0.15, 0.2) is 12.4 Å². The summed E-state index contributed by atoms with van der Waals surface area (Å²) in [5.74, 6) is 0.733. The van der Waals surface area contributed by atoms with Gasteiger partial charge >= 0.3 is 0 Å². The number of carbonyl (C=O) groups excluding carboxylic acids is 1. The lowest BCUT2D eigenvalue weighted by Crippen LogP contribution is -2.35. The number of hydrogen-bond donors (Lipinski definition) is 2. The lowest BCUT2D eigenvalue weighted by molar-refractivity contribution is -0.120. The zero-order valence-corrected chi connectivity index (χ0v) is 12.0. The first-order valence-electron chi connectivity index (χ1n) is 6.64. The summed E-state index contributed by atoms with van der Waals surface area (Å²) < 4.78 is 5.37. The number of rotatable bonds is 2. The zero-order valence-electron chi connectivity index (χ0n) is 12.0. The number of anilines is 2. The third-order valence-corrected chi connectivity index (χ3v) is 3.36. The number of nitrogen functional groups attached to an aromatic ring is 1. The Hall–Kier alpha value is -3.09. The molecule has 0 atom stereocenters. The normalized spacial score (nSPS) is 14.5. The maximum atomic E-state index is 11.7. The third kappa shape index (κ3) is 2.44. The van der Waals surface area contributed by atoms with Crippen LogP contribution in [0.5, 0.6) is 5.75 Å². The van der Waals surface area contributed by atoms with Crippen LogP contribution >= 0.6 is 0 Å². The fourth-order valence-corrected chi connectivity index (χ4v) is 2.15.